The number of hydrogen-bond donors (Lipinski definition) is 1. The minimum Gasteiger partial charge on any atom is -0.353 e. The molecule has 1 rings (SSSR count). The zero-order chi connectivity index (χ0) is 11.1. The van der Waals surface area contributed by atoms with Crippen molar-refractivity contribution in [2.24, 2.45) is 5.92 Å². The number of nitrogens with one attached hydrogen (secondary N) is 1. The summed E-state index contributed by atoms with van der Waals surface area (Å²) in [4.78, 5) is 11.6. The van der Waals surface area contributed by atoms with Gasteiger partial charge in [0.15, 0.2) is 0 Å². The molecule has 1 fully saturated rings. The molecular weight excluding hydrogens is 210 g/mol. The average Bonchev–Trinajstić information content (AvgIpc) is 2.20. The van der Waals surface area contributed by atoms with Gasteiger partial charge in [-0.25, -0.2) is 0 Å². The van der Waals surface area contributed by atoms with Gasteiger partial charge in [0.05, 0.1) is 0 Å². The number of hydrogen-bond acceptors (Lipinski definition) is 1. The third-order valence-corrected chi connectivity index (χ3v) is 3.59. The van der Waals surface area contributed by atoms with Crippen molar-refractivity contribution in [2.45, 2.75) is 57.9 Å². The predicted molar refractivity (Wildman–Crippen MR) is 64.1 cm³/mol. The van der Waals surface area contributed by atoms with E-state index in [9.17, 15) is 4.79 Å². The largest absolute Gasteiger partial charge is 0.353 e. The van der Waals surface area contributed by atoms with E-state index in [1.807, 2.05) is 6.92 Å². The topological polar surface area (TPSA) is 29.1 Å². The fourth-order valence-electron chi connectivity index (χ4n) is 2.01. The van der Waals surface area contributed by atoms with E-state index in [4.69, 9.17) is 11.6 Å². The Hall–Kier alpha value is -0.240. The van der Waals surface area contributed by atoms with Gasteiger partial charge in [-0.05, 0) is 12.8 Å². The van der Waals surface area contributed by atoms with Gasteiger partial charge in [-0.1, -0.05) is 39.0 Å². The lowest BCUT2D eigenvalue weighted by atomic mass is 9.96. The van der Waals surface area contributed by atoms with Crippen molar-refractivity contribution in [3.63, 3.8) is 0 Å². The molecule has 0 heterocycles. The highest BCUT2D eigenvalue weighted by Gasteiger charge is 2.17. The smallest absolute Gasteiger partial charge is 0.224 e. The maximum absolute atomic E-state index is 11.6. The molecule has 0 aromatic carbocycles. The Kier molecular flexibility index (Phi) is 6.07. The second-order valence-corrected chi connectivity index (χ2v) is 4.91. The van der Waals surface area contributed by atoms with Crippen molar-refractivity contribution >= 4 is 17.5 Å². The lowest BCUT2D eigenvalue weighted by molar-refractivity contribution is -0.124. The molecule has 0 spiro atoms. The van der Waals surface area contributed by atoms with Crippen molar-refractivity contribution in [1.29, 1.82) is 0 Å². The summed E-state index contributed by atoms with van der Waals surface area (Å²) >= 11 is 5.66. The van der Waals surface area contributed by atoms with Gasteiger partial charge in [0, 0.05) is 17.8 Å². The second-order valence-electron chi connectivity index (χ2n) is 4.61. The third-order valence-electron chi connectivity index (χ3n) is 3.13. The summed E-state index contributed by atoms with van der Waals surface area (Å²) in [5.41, 5.74) is 0. The SMILES string of the molecule is CC(CCl)C(=O)NC1CCCCCCC1. The third kappa shape index (κ3) is 4.87. The first-order valence-corrected chi connectivity index (χ1v) is 6.64. The van der Waals surface area contributed by atoms with Gasteiger partial charge in [-0.15, -0.1) is 11.6 Å². The van der Waals surface area contributed by atoms with Crippen molar-refractivity contribution in [1.82, 2.24) is 5.32 Å². The molecule has 0 aliphatic heterocycles. The summed E-state index contributed by atoms with van der Waals surface area (Å²) in [5, 5.41) is 3.11. The Morgan fingerprint density at radius 1 is 1.27 bits per heavy atom. The zero-order valence-corrected chi connectivity index (χ0v) is 10.4. The standard InChI is InChI=1S/C12H22ClNO/c1-10(9-13)12(15)14-11-7-5-3-2-4-6-8-11/h10-11H,2-9H2,1H3,(H,14,15). The van der Waals surface area contributed by atoms with Gasteiger partial charge in [-0.3, -0.25) is 4.79 Å². The van der Waals surface area contributed by atoms with Gasteiger partial charge >= 0.3 is 0 Å². The lowest BCUT2D eigenvalue weighted by Crippen LogP contribution is -2.38. The van der Waals surface area contributed by atoms with Crippen molar-refractivity contribution in [3.05, 3.63) is 0 Å². The minimum atomic E-state index is -0.0582. The number of carbonyl (C=O) groups excluding carboxylic acids is 1. The molecule has 88 valence electrons. The van der Waals surface area contributed by atoms with Crippen LogP contribution >= 0.6 is 11.6 Å². The van der Waals surface area contributed by atoms with E-state index < -0.39 is 0 Å². The molecular formula is C12H22ClNO. The molecule has 1 aliphatic carbocycles. The van der Waals surface area contributed by atoms with Gasteiger partial charge in [0.2, 0.25) is 5.91 Å². The molecule has 0 radical (unpaired) electrons. The van der Waals surface area contributed by atoms with E-state index in [0.717, 1.165) is 12.8 Å². The van der Waals surface area contributed by atoms with Crippen LogP contribution in [0.1, 0.15) is 51.9 Å². The highest BCUT2D eigenvalue weighted by atomic mass is 35.5. The van der Waals surface area contributed by atoms with Crippen molar-refractivity contribution in [3.8, 4) is 0 Å². The fourth-order valence-corrected chi connectivity index (χ4v) is 2.15. The minimum absolute atomic E-state index is 0.0582. The van der Waals surface area contributed by atoms with Gasteiger partial charge < -0.3 is 5.32 Å². The predicted octanol–water partition coefficient (Wildman–Crippen LogP) is 3.09. The van der Waals surface area contributed by atoms with Gasteiger partial charge in [0.1, 0.15) is 0 Å². The van der Waals surface area contributed by atoms with E-state index in [2.05, 4.69) is 5.32 Å². The molecule has 0 saturated heterocycles. The van der Waals surface area contributed by atoms with Crippen LogP contribution in [0.25, 0.3) is 0 Å². The molecule has 1 saturated carbocycles. The molecule has 1 atom stereocenters. The van der Waals surface area contributed by atoms with Crippen LogP contribution in [0.4, 0.5) is 0 Å². The summed E-state index contributed by atoms with van der Waals surface area (Å²) in [6.07, 6.45) is 8.77. The highest BCUT2D eigenvalue weighted by Crippen LogP contribution is 2.17. The van der Waals surface area contributed by atoms with E-state index >= 15 is 0 Å². The molecule has 1 unspecified atom stereocenters. The summed E-state index contributed by atoms with van der Waals surface area (Å²) in [5.74, 6) is 0.478. The summed E-state index contributed by atoms with van der Waals surface area (Å²) < 4.78 is 0. The highest BCUT2D eigenvalue weighted by molar-refractivity contribution is 6.19. The van der Waals surface area contributed by atoms with Gasteiger partial charge in [0.25, 0.3) is 0 Å². The van der Waals surface area contributed by atoms with Crippen LogP contribution in [0.3, 0.4) is 0 Å². The van der Waals surface area contributed by atoms with Crippen LogP contribution in [0.5, 0.6) is 0 Å². The molecule has 3 heteroatoms. The van der Waals surface area contributed by atoms with Gasteiger partial charge in [-0.2, -0.15) is 0 Å². The number of alkyl halides is 1. The number of amides is 1. The molecule has 0 aromatic heterocycles. The zero-order valence-electron chi connectivity index (χ0n) is 9.60. The van der Waals surface area contributed by atoms with Crippen LogP contribution in [0, 0.1) is 5.92 Å². The average molecular weight is 232 g/mol. The van der Waals surface area contributed by atoms with Crippen LogP contribution in [-0.2, 0) is 4.79 Å². The van der Waals surface area contributed by atoms with E-state index in [-0.39, 0.29) is 11.8 Å². The van der Waals surface area contributed by atoms with E-state index in [0.29, 0.717) is 11.9 Å². The molecule has 0 aromatic rings. The summed E-state index contributed by atoms with van der Waals surface area (Å²) in [7, 11) is 0. The first kappa shape index (κ1) is 12.8. The Morgan fingerprint density at radius 3 is 2.33 bits per heavy atom. The quantitative estimate of drug-likeness (QED) is 0.744. The number of rotatable bonds is 3. The molecule has 0 bridgehead atoms. The first-order chi connectivity index (χ1) is 7.24. The Bertz CT molecular complexity index is 188. The Labute approximate surface area is 97.8 Å². The monoisotopic (exact) mass is 231 g/mol. The lowest BCUT2D eigenvalue weighted by Gasteiger charge is -2.22. The van der Waals surface area contributed by atoms with E-state index in [1.165, 1.54) is 32.1 Å². The molecule has 1 aliphatic rings. The molecule has 1 N–H and O–H groups in total. The molecule has 2 nitrogen and oxygen atoms in total. The Balaban J connectivity index is 2.31. The van der Waals surface area contributed by atoms with Crippen LogP contribution in [0.2, 0.25) is 0 Å². The van der Waals surface area contributed by atoms with Crippen molar-refractivity contribution in [2.75, 3.05) is 5.88 Å². The molecule has 1 amide bonds. The maximum Gasteiger partial charge on any atom is 0.224 e. The maximum atomic E-state index is 11.6. The van der Waals surface area contributed by atoms with Crippen LogP contribution in [-0.4, -0.2) is 17.8 Å². The first-order valence-electron chi connectivity index (χ1n) is 6.10. The van der Waals surface area contributed by atoms with Crippen LogP contribution < -0.4 is 5.32 Å². The Morgan fingerprint density at radius 2 is 1.80 bits per heavy atom. The molecule has 15 heavy (non-hydrogen) atoms. The number of carbonyl (C=O) groups is 1. The summed E-state index contributed by atoms with van der Waals surface area (Å²) in [6, 6.07) is 0.392. The van der Waals surface area contributed by atoms with Crippen LogP contribution in [0.15, 0.2) is 0 Å². The van der Waals surface area contributed by atoms with E-state index in [1.54, 1.807) is 0 Å². The second kappa shape index (κ2) is 7.10. The summed E-state index contributed by atoms with van der Waals surface area (Å²) in [6.45, 7) is 1.88. The number of halogens is 1. The normalized spacial score (nSPS) is 21.5. The fraction of sp³-hybridized carbons (Fsp3) is 0.917. The van der Waals surface area contributed by atoms with Crippen molar-refractivity contribution < 1.29 is 4.79 Å².